The highest BCUT2D eigenvalue weighted by atomic mass is 19.4. The van der Waals surface area contributed by atoms with Gasteiger partial charge in [0.25, 0.3) is 0 Å². The van der Waals surface area contributed by atoms with Crippen LogP contribution in [0.4, 0.5) is 13.2 Å². The number of ether oxygens (including phenoxy) is 1. The Balaban J connectivity index is 2.70. The van der Waals surface area contributed by atoms with Crippen molar-refractivity contribution in [3.63, 3.8) is 0 Å². The van der Waals surface area contributed by atoms with Crippen molar-refractivity contribution in [2.24, 2.45) is 0 Å². The molecular formula is C7H6BF3O2. The molecule has 0 amide bonds. The molecule has 0 bridgehead atoms. The summed E-state index contributed by atoms with van der Waals surface area (Å²) in [7, 11) is -0.202. The minimum absolute atomic E-state index is 0.202. The van der Waals surface area contributed by atoms with Crippen LogP contribution in [0.3, 0.4) is 0 Å². The lowest BCUT2D eigenvalue weighted by Gasteiger charge is -2.08. The molecule has 0 aliphatic heterocycles. The third-order valence-electron chi connectivity index (χ3n) is 1.34. The summed E-state index contributed by atoms with van der Waals surface area (Å²) in [6.07, 6.45) is -4.67. The van der Waals surface area contributed by atoms with Crippen molar-refractivity contribution in [3.05, 3.63) is 24.3 Å². The molecule has 1 aromatic carbocycles. The summed E-state index contributed by atoms with van der Waals surface area (Å²) in [5, 5.41) is 8.60. The maximum Gasteiger partial charge on any atom is 0.573 e. The van der Waals surface area contributed by atoms with Gasteiger partial charge in [-0.1, -0.05) is 17.6 Å². The zero-order valence-electron chi connectivity index (χ0n) is 6.51. The normalized spacial score (nSPS) is 11.1. The molecule has 1 aromatic rings. The van der Waals surface area contributed by atoms with Crippen LogP contribution in [0.25, 0.3) is 0 Å². The smallest absolute Gasteiger partial charge is 0.449 e. The van der Waals surface area contributed by atoms with Crippen molar-refractivity contribution < 1.29 is 22.9 Å². The fourth-order valence-electron chi connectivity index (χ4n) is 0.797. The van der Waals surface area contributed by atoms with E-state index >= 15 is 0 Å². The Hall–Kier alpha value is -1.17. The number of rotatable bonds is 2. The highest BCUT2D eigenvalue weighted by Crippen LogP contribution is 2.21. The first-order valence-corrected chi connectivity index (χ1v) is 3.47. The summed E-state index contributed by atoms with van der Waals surface area (Å²) in [5.41, 5.74) is 0.537. The minimum Gasteiger partial charge on any atom is -0.449 e. The second-order valence-corrected chi connectivity index (χ2v) is 2.35. The molecule has 2 nitrogen and oxygen atoms in total. The van der Waals surface area contributed by atoms with E-state index in [1.807, 2.05) is 0 Å². The number of hydrogen-bond donors (Lipinski definition) is 1. The van der Waals surface area contributed by atoms with Crippen molar-refractivity contribution in [1.29, 1.82) is 0 Å². The summed E-state index contributed by atoms with van der Waals surface area (Å²) < 4.78 is 38.6. The van der Waals surface area contributed by atoms with E-state index in [4.69, 9.17) is 5.02 Å². The topological polar surface area (TPSA) is 29.5 Å². The third-order valence-corrected chi connectivity index (χ3v) is 1.34. The van der Waals surface area contributed by atoms with Crippen LogP contribution >= 0.6 is 0 Å². The Labute approximate surface area is 73.2 Å². The molecule has 0 saturated heterocycles. The molecule has 0 atom stereocenters. The van der Waals surface area contributed by atoms with Gasteiger partial charge in [-0.15, -0.1) is 13.2 Å². The maximum atomic E-state index is 11.7. The standard InChI is InChI=1S/C7H6BF3O2/c9-7(10,11)13-6-3-1-5(8-12)2-4-6/h1-4,8,12H. The molecule has 0 aromatic heterocycles. The molecule has 0 spiro atoms. The SMILES string of the molecule is OBc1ccc(OC(F)(F)F)cc1. The molecule has 0 aliphatic rings. The van der Waals surface area contributed by atoms with Gasteiger partial charge >= 0.3 is 13.8 Å². The van der Waals surface area contributed by atoms with Crippen LogP contribution in [-0.4, -0.2) is 18.9 Å². The minimum atomic E-state index is -4.67. The largest absolute Gasteiger partial charge is 0.573 e. The van der Waals surface area contributed by atoms with E-state index in [1.165, 1.54) is 12.1 Å². The van der Waals surface area contributed by atoms with Crippen molar-refractivity contribution in [2.75, 3.05) is 0 Å². The second-order valence-electron chi connectivity index (χ2n) is 2.35. The zero-order valence-corrected chi connectivity index (χ0v) is 6.51. The first kappa shape index (κ1) is 9.92. The van der Waals surface area contributed by atoms with E-state index in [0.717, 1.165) is 12.1 Å². The quantitative estimate of drug-likeness (QED) is 0.690. The van der Waals surface area contributed by atoms with E-state index in [-0.39, 0.29) is 13.2 Å². The van der Waals surface area contributed by atoms with Gasteiger partial charge in [-0.05, 0) is 12.1 Å². The molecule has 0 heterocycles. The average molecular weight is 190 g/mol. The molecule has 0 unspecified atom stereocenters. The lowest BCUT2D eigenvalue weighted by molar-refractivity contribution is -0.274. The van der Waals surface area contributed by atoms with Gasteiger partial charge in [-0.2, -0.15) is 0 Å². The molecule has 1 rings (SSSR count). The Kier molecular flexibility index (Phi) is 2.82. The van der Waals surface area contributed by atoms with Gasteiger partial charge in [0.15, 0.2) is 0 Å². The fraction of sp³-hybridized carbons (Fsp3) is 0.143. The number of benzene rings is 1. The van der Waals surface area contributed by atoms with E-state index in [0.29, 0.717) is 5.46 Å². The molecule has 13 heavy (non-hydrogen) atoms. The first-order valence-electron chi connectivity index (χ1n) is 3.47. The second kappa shape index (κ2) is 3.70. The van der Waals surface area contributed by atoms with E-state index < -0.39 is 6.36 Å². The molecule has 1 N–H and O–H groups in total. The van der Waals surface area contributed by atoms with Gasteiger partial charge in [0.05, 0.1) is 0 Å². The first-order chi connectivity index (χ1) is 6.01. The maximum absolute atomic E-state index is 11.7. The van der Waals surface area contributed by atoms with Gasteiger partial charge in [0, 0.05) is 0 Å². The van der Waals surface area contributed by atoms with E-state index in [1.54, 1.807) is 0 Å². The van der Waals surface area contributed by atoms with Gasteiger partial charge < -0.3 is 9.76 Å². The Morgan fingerprint density at radius 2 is 1.69 bits per heavy atom. The molecule has 0 fully saturated rings. The van der Waals surface area contributed by atoms with Crippen LogP contribution in [0.2, 0.25) is 0 Å². The van der Waals surface area contributed by atoms with Gasteiger partial charge in [-0.25, -0.2) is 0 Å². The predicted molar refractivity (Wildman–Crippen MR) is 42.1 cm³/mol. The predicted octanol–water partition coefficient (Wildman–Crippen LogP) is 0.554. The summed E-state index contributed by atoms with van der Waals surface area (Å²) in [4.78, 5) is 0. The van der Waals surface area contributed by atoms with Crippen molar-refractivity contribution >= 4 is 12.9 Å². The van der Waals surface area contributed by atoms with Crippen LogP contribution in [0, 0.1) is 0 Å². The Morgan fingerprint density at radius 1 is 1.15 bits per heavy atom. The summed E-state index contributed by atoms with van der Waals surface area (Å²) >= 11 is 0. The van der Waals surface area contributed by atoms with Crippen molar-refractivity contribution in [1.82, 2.24) is 0 Å². The van der Waals surface area contributed by atoms with E-state index in [9.17, 15) is 13.2 Å². The summed E-state index contributed by atoms with van der Waals surface area (Å²) in [6, 6.07) is 5.03. The van der Waals surface area contributed by atoms with Crippen molar-refractivity contribution in [3.8, 4) is 5.75 Å². The van der Waals surface area contributed by atoms with Gasteiger partial charge in [0.1, 0.15) is 5.75 Å². The van der Waals surface area contributed by atoms with E-state index in [2.05, 4.69) is 4.74 Å². The lowest BCUT2D eigenvalue weighted by atomic mass is 9.89. The van der Waals surface area contributed by atoms with Crippen LogP contribution < -0.4 is 10.2 Å². The van der Waals surface area contributed by atoms with Gasteiger partial charge in [0.2, 0.25) is 0 Å². The Bertz CT molecular complexity index is 270. The highest BCUT2D eigenvalue weighted by molar-refractivity contribution is 6.45. The Morgan fingerprint density at radius 3 is 2.08 bits per heavy atom. The molecular weight excluding hydrogens is 184 g/mol. The van der Waals surface area contributed by atoms with Gasteiger partial charge in [-0.3, -0.25) is 0 Å². The number of alkyl halides is 3. The van der Waals surface area contributed by atoms with Crippen LogP contribution in [0.1, 0.15) is 0 Å². The third kappa shape index (κ3) is 3.37. The van der Waals surface area contributed by atoms with Crippen molar-refractivity contribution in [2.45, 2.75) is 6.36 Å². The lowest BCUT2D eigenvalue weighted by Crippen LogP contribution is -2.18. The molecule has 0 aliphatic carbocycles. The average Bonchev–Trinajstić information content (AvgIpc) is 2.03. The van der Waals surface area contributed by atoms with Crippen LogP contribution in [-0.2, 0) is 0 Å². The highest BCUT2D eigenvalue weighted by Gasteiger charge is 2.30. The molecule has 0 radical (unpaired) electrons. The van der Waals surface area contributed by atoms with Crippen LogP contribution in [0.15, 0.2) is 24.3 Å². The number of halogens is 3. The molecule has 0 saturated carbocycles. The molecule has 70 valence electrons. The molecule has 6 heteroatoms. The fourth-order valence-corrected chi connectivity index (χ4v) is 0.797. The number of hydrogen-bond acceptors (Lipinski definition) is 2. The van der Waals surface area contributed by atoms with Crippen LogP contribution in [0.5, 0.6) is 5.75 Å². The summed E-state index contributed by atoms with van der Waals surface area (Å²) in [5.74, 6) is -0.287. The summed E-state index contributed by atoms with van der Waals surface area (Å²) in [6.45, 7) is 0. The monoisotopic (exact) mass is 190 g/mol. The zero-order chi connectivity index (χ0) is 9.90.